The second-order valence-corrected chi connectivity index (χ2v) is 5.48. The van der Waals surface area contributed by atoms with Gasteiger partial charge in [0.25, 0.3) is 17.3 Å². The second-order valence-electron chi connectivity index (χ2n) is 5.48. The topological polar surface area (TPSA) is 146 Å². The third-order valence-corrected chi connectivity index (χ3v) is 3.76. The normalized spacial score (nSPS) is 12.2. The summed E-state index contributed by atoms with van der Waals surface area (Å²) >= 11 is 0. The van der Waals surface area contributed by atoms with Crippen molar-refractivity contribution in [2.24, 2.45) is 5.10 Å². The molecule has 1 aliphatic rings. The van der Waals surface area contributed by atoms with Gasteiger partial charge in [-0.15, -0.1) is 0 Å². The zero-order valence-corrected chi connectivity index (χ0v) is 13.9. The first-order valence-electron chi connectivity index (χ1n) is 7.53. The van der Waals surface area contributed by atoms with Crippen LogP contribution < -0.4 is 14.9 Å². The molecule has 0 fully saturated rings. The van der Waals surface area contributed by atoms with Gasteiger partial charge in [0.2, 0.25) is 6.79 Å². The van der Waals surface area contributed by atoms with E-state index in [-0.39, 0.29) is 35.0 Å². The van der Waals surface area contributed by atoms with Gasteiger partial charge < -0.3 is 9.47 Å². The zero-order valence-electron chi connectivity index (χ0n) is 13.9. The van der Waals surface area contributed by atoms with Crippen LogP contribution in [0.25, 0.3) is 0 Å². The summed E-state index contributed by atoms with van der Waals surface area (Å²) in [4.78, 5) is 33.0. The monoisotopic (exact) mass is 372 g/mol. The predicted molar refractivity (Wildman–Crippen MR) is 92.1 cm³/mol. The number of ether oxygens (including phenoxy) is 2. The number of carbonyl (C=O) groups excluding carboxylic acids is 1. The van der Waals surface area contributed by atoms with Crippen molar-refractivity contribution in [3.05, 3.63) is 67.3 Å². The zero-order chi connectivity index (χ0) is 19.6. The molecule has 2 aromatic carbocycles. The van der Waals surface area contributed by atoms with Crippen LogP contribution >= 0.6 is 0 Å². The van der Waals surface area contributed by atoms with Gasteiger partial charge in [-0.25, -0.2) is 5.43 Å². The van der Waals surface area contributed by atoms with E-state index in [1.54, 1.807) is 6.92 Å². The Kier molecular flexibility index (Phi) is 4.66. The molecule has 11 nitrogen and oxygen atoms in total. The summed E-state index contributed by atoms with van der Waals surface area (Å²) in [5.74, 6) is -0.130. The maximum Gasteiger partial charge on any atom is 0.282 e. The third kappa shape index (κ3) is 3.66. The smallest absolute Gasteiger partial charge is 0.282 e. The number of hydrogen-bond donors (Lipinski definition) is 1. The standard InChI is InChI=1S/C16H12N4O7/c1-9-2-3-10(4-12(9)19(22)23)16(21)18-17-7-11-5-14-15(27-8-26-14)6-13(11)20(24)25/h2-7H,8H2,1H3,(H,18,21). The van der Waals surface area contributed by atoms with E-state index in [0.717, 1.165) is 12.3 Å². The molecule has 0 unspecified atom stereocenters. The van der Waals surface area contributed by atoms with Crippen LogP contribution in [-0.2, 0) is 0 Å². The van der Waals surface area contributed by atoms with Gasteiger partial charge in [-0.1, -0.05) is 6.07 Å². The number of nitro benzene ring substituents is 2. The minimum absolute atomic E-state index is 0.0321. The maximum absolute atomic E-state index is 12.1. The first kappa shape index (κ1) is 17.8. The average molecular weight is 372 g/mol. The summed E-state index contributed by atoms with van der Waals surface area (Å²) in [6.45, 7) is 1.51. The number of benzene rings is 2. The van der Waals surface area contributed by atoms with Gasteiger partial charge >= 0.3 is 0 Å². The van der Waals surface area contributed by atoms with Crippen LogP contribution in [0.4, 0.5) is 11.4 Å². The molecule has 1 aliphatic heterocycles. The Morgan fingerprint density at radius 3 is 2.44 bits per heavy atom. The number of fused-ring (bicyclic) bond motifs is 1. The number of amides is 1. The molecule has 0 saturated carbocycles. The molecule has 11 heteroatoms. The molecule has 0 radical (unpaired) electrons. The van der Waals surface area contributed by atoms with Gasteiger partial charge in [0.15, 0.2) is 11.5 Å². The SMILES string of the molecule is Cc1ccc(C(=O)NN=Cc2cc3c(cc2[N+](=O)[O-])OCO3)cc1[N+](=O)[O-]. The van der Waals surface area contributed by atoms with Crippen LogP contribution in [0.5, 0.6) is 11.5 Å². The summed E-state index contributed by atoms with van der Waals surface area (Å²) in [6, 6.07) is 6.56. The van der Waals surface area contributed by atoms with Gasteiger partial charge in [0.1, 0.15) is 0 Å². The van der Waals surface area contributed by atoms with Gasteiger partial charge in [-0.05, 0) is 19.1 Å². The Labute approximate surface area is 151 Å². The highest BCUT2D eigenvalue weighted by Crippen LogP contribution is 2.37. The molecule has 0 aromatic heterocycles. The molecule has 0 aliphatic carbocycles. The molecule has 1 amide bonds. The Bertz CT molecular complexity index is 987. The lowest BCUT2D eigenvalue weighted by atomic mass is 10.1. The van der Waals surface area contributed by atoms with E-state index in [0.29, 0.717) is 11.3 Å². The molecule has 2 aromatic rings. The molecular formula is C16H12N4O7. The summed E-state index contributed by atoms with van der Waals surface area (Å²) in [6.07, 6.45) is 1.08. The van der Waals surface area contributed by atoms with E-state index >= 15 is 0 Å². The van der Waals surface area contributed by atoms with Crippen molar-refractivity contribution < 1.29 is 24.1 Å². The van der Waals surface area contributed by atoms with Gasteiger partial charge in [0, 0.05) is 17.2 Å². The van der Waals surface area contributed by atoms with Crippen molar-refractivity contribution in [3.8, 4) is 11.5 Å². The fraction of sp³-hybridized carbons (Fsp3) is 0.125. The molecule has 27 heavy (non-hydrogen) atoms. The van der Waals surface area contributed by atoms with E-state index in [9.17, 15) is 25.0 Å². The number of aryl methyl sites for hydroxylation is 1. The van der Waals surface area contributed by atoms with Crippen LogP contribution in [0.15, 0.2) is 35.4 Å². The van der Waals surface area contributed by atoms with Crippen molar-refractivity contribution in [2.45, 2.75) is 6.92 Å². The molecule has 0 spiro atoms. The number of nitrogens with one attached hydrogen (secondary N) is 1. The first-order chi connectivity index (χ1) is 12.9. The lowest BCUT2D eigenvalue weighted by molar-refractivity contribution is -0.385. The Morgan fingerprint density at radius 1 is 1.11 bits per heavy atom. The number of hydrogen-bond acceptors (Lipinski definition) is 8. The number of rotatable bonds is 5. The van der Waals surface area contributed by atoms with Gasteiger partial charge in [-0.3, -0.25) is 25.0 Å². The summed E-state index contributed by atoms with van der Waals surface area (Å²) in [7, 11) is 0. The van der Waals surface area contributed by atoms with Crippen LogP contribution in [0.3, 0.4) is 0 Å². The van der Waals surface area contributed by atoms with Crippen molar-refractivity contribution in [1.82, 2.24) is 5.43 Å². The lowest BCUT2D eigenvalue weighted by Crippen LogP contribution is -2.18. The minimum Gasteiger partial charge on any atom is -0.454 e. The molecular weight excluding hydrogens is 360 g/mol. The average Bonchev–Trinajstić information content (AvgIpc) is 3.08. The number of hydrazone groups is 1. The minimum atomic E-state index is -0.697. The highest BCUT2D eigenvalue weighted by Gasteiger charge is 2.22. The van der Waals surface area contributed by atoms with Gasteiger partial charge in [0.05, 0.1) is 27.7 Å². The van der Waals surface area contributed by atoms with Gasteiger partial charge in [-0.2, -0.15) is 5.10 Å². The summed E-state index contributed by atoms with van der Waals surface area (Å²) in [5.41, 5.74) is 2.25. The van der Waals surface area contributed by atoms with E-state index in [1.165, 1.54) is 24.3 Å². The fourth-order valence-electron chi connectivity index (χ4n) is 2.38. The lowest BCUT2D eigenvalue weighted by Gasteiger charge is -2.03. The van der Waals surface area contributed by atoms with Crippen LogP contribution in [0.1, 0.15) is 21.5 Å². The largest absolute Gasteiger partial charge is 0.454 e. The van der Waals surface area contributed by atoms with Crippen molar-refractivity contribution in [3.63, 3.8) is 0 Å². The van der Waals surface area contributed by atoms with E-state index in [2.05, 4.69) is 10.5 Å². The van der Waals surface area contributed by atoms with Crippen molar-refractivity contribution >= 4 is 23.5 Å². The summed E-state index contributed by atoms with van der Waals surface area (Å²) in [5, 5.41) is 25.8. The molecule has 0 atom stereocenters. The van der Waals surface area contributed by atoms with E-state index < -0.39 is 15.8 Å². The van der Waals surface area contributed by atoms with Crippen molar-refractivity contribution in [2.75, 3.05) is 6.79 Å². The molecule has 0 bridgehead atoms. The quantitative estimate of drug-likeness (QED) is 0.481. The summed E-state index contributed by atoms with van der Waals surface area (Å²) < 4.78 is 10.2. The second kappa shape index (κ2) is 7.07. The number of nitrogens with zero attached hydrogens (tertiary/aromatic N) is 3. The molecule has 0 saturated heterocycles. The molecule has 1 heterocycles. The van der Waals surface area contributed by atoms with E-state index in [1.807, 2.05) is 0 Å². The molecule has 3 rings (SSSR count). The number of nitro groups is 2. The third-order valence-electron chi connectivity index (χ3n) is 3.76. The maximum atomic E-state index is 12.1. The first-order valence-corrected chi connectivity index (χ1v) is 7.53. The predicted octanol–water partition coefficient (Wildman–Crippen LogP) is 2.30. The molecule has 138 valence electrons. The number of carbonyl (C=O) groups is 1. The van der Waals surface area contributed by atoms with E-state index in [4.69, 9.17) is 9.47 Å². The Morgan fingerprint density at radius 2 is 1.78 bits per heavy atom. The van der Waals surface area contributed by atoms with Crippen LogP contribution in [-0.4, -0.2) is 28.8 Å². The fourth-order valence-corrected chi connectivity index (χ4v) is 2.38. The highest BCUT2D eigenvalue weighted by atomic mass is 16.7. The molecule has 1 N–H and O–H groups in total. The van der Waals surface area contributed by atoms with Crippen molar-refractivity contribution in [1.29, 1.82) is 0 Å². The Hall–Kier alpha value is -4.02. The Balaban J connectivity index is 1.80. The van der Waals surface area contributed by atoms with Crippen LogP contribution in [0.2, 0.25) is 0 Å². The highest BCUT2D eigenvalue weighted by molar-refractivity contribution is 5.96. The van der Waals surface area contributed by atoms with Crippen LogP contribution in [0, 0.1) is 27.2 Å².